The van der Waals surface area contributed by atoms with Crippen molar-refractivity contribution in [2.24, 2.45) is 0 Å². The first kappa shape index (κ1) is 14.6. The lowest BCUT2D eigenvalue weighted by Gasteiger charge is -2.16. The molecule has 106 valence electrons. The minimum atomic E-state index is -0.220. The molecular weight excluding hydrogens is 254 g/mol. The molecule has 0 spiro atoms. The molecule has 1 aromatic rings. The van der Waals surface area contributed by atoms with Crippen LogP contribution in [-0.2, 0) is 4.74 Å². The van der Waals surface area contributed by atoms with E-state index < -0.39 is 0 Å². The number of rotatable bonds is 2. The third kappa shape index (κ3) is 3.38. The van der Waals surface area contributed by atoms with Crippen LogP contribution in [0.1, 0.15) is 34.8 Å². The molecule has 20 heavy (non-hydrogen) atoms. The Morgan fingerprint density at radius 3 is 3.00 bits per heavy atom. The fraction of sp³-hybridized carbons (Fsp3) is 0.438. The Morgan fingerprint density at radius 1 is 1.55 bits per heavy atom. The Morgan fingerprint density at radius 2 is 2.35 bits per heavy atom. The fourth-order valence-electron chi connectivity index (χ4n) is 2.26. The van der Waals surface area contributed by atoms with Crippen molar-refractivity contribution in [2.75, 3.05) is 13.2 Å². The lowest BCUT2D eigenvalue weighted by molar-refractivity contribution is 0.0866. The van der Waals surface area contributed by atoms with Crippen molar-refractivity contribution in [1.82, 2.24) is 5.32 Å². The van der Waals surface area contributed by atoms with Crippen LogP contribution in [0, 0.1) is 18.8 Å². The molecule has 0 aromatic heterocycles. The highest BCUT2D eigenvalue weighted by atomic mass is 16.5. The number of carbonyl (C=O) groups is 1. The molecule has 0 aliphatic carbocycles. The van der Waals surface area contributed by atoms with Gasteiger partial charge in [0.1, 0.15) is 6.61 Å². The maximum atomic E-state index is 12.3. The topological polar surface area (TPSA) is 58.6 Å². The lowest BCUT2D eigenvalue weighted by Crippen LogP contribution is -2.39. The molecule has 2 atom stereocenters. The highest BCUT2D eigenvalue weighted by Crippen LogP contribution is 2.15. The summed E-state index contributed by atoms with van der Waals surface area (Å²) in [6.45, 7) is 4.36. The zero-order chi connectivity index (χ0) is 14.5. The molecule has 1 fully saturated rings. The van der Waals surface area contributed by atoms with Crippen LogP contribution in [0.4, 0.5) is 0 Å². The molecule has 2 unspecified atom stereocenters. The van der Waals surface area contributed by atoms with Crippen LogP contribution in [0.25, 0.3) is 0 Å². The van der Waals surface area contributed by atoms with E-state index in [1.165, 1.54) is 0 Å². The van der Waals surface area contributed by atoms with Gasteiger partial charge in [0.25, 0.3) is 5.91 Å². The Bertz CT molecular complexity index is 557. The van der Waals surface area contributed by atoms with Crippen molar-refractivity contribution in [3.8, 4) is 11.8 Å². The SMILES string of the molecule is Cc1ccc(C(=O)NC2CCOC2C)c(C#CCO)c1. The first-order valence-electron chi connectivity index (χ1n) is 6.74. The number of benzene rings is 1. The van der Waals surface area contributed by atoms with Crippen LogP contribution in [0.5, 0.6) is 0 Å². The van der Waals surface area contributed by atoms with Gasteiger partial charge in [0.2, 0.25) is 0 Å². The second-order valence-corrected chi connectivity index (χ2v) is 4.95. The predicted molar refractivity (Wildman–Crippen MR) is 76.4 cm³/mol. The molecule has 1 aliphatic heterocycles. The summed E-state index contributed by atoms with van der Waals surface area (Å²) in [6.07, 6.45) is 0.868. The van der Waals surface area contributed by atoms with E-state index in [0.717, 1.165) is 12.0 Å². The standard InChI is InChI=1S/C16H19NO3/c1-11-5-6-14(13(10-11)4-3-8-18)16(19)17-15-7-9-20-12(15)2/h5-6,10,12,15,18H,7-9H2,1-2H3,(H,17,19). The summed E-state index contributed by atoms with van der Waals surface area (Å²) in [4.78, 5) is 12.3. The van der Waals surface area contributed by atoms with Crippen LogP contribution >= 0.6 is 0 Å². The molecule has 1 amide bonds. The summed E-state index contributed by atoms with van der Waals surface area (Å²) < 4.78 is 5.44. The van der Waals surface area contributed by atoms with Gasteiger partial charge in [0.05, 0.1) is 17.7 Å². The summed E-state index contributed by atoms with van der Waals surface area (Å²) >= 11 is 0. The highest BCUT2D eigenvalue weighted by Gasteiger charge is 2.26. The van der Waals surface area contributed by atoms with Crippen molar-refractivity contribution < 1.29 is 14.6 Å². The largest absolute Gasteiger partial charge is 0.384 e. The van der Waals surface area contributed by atoms with E-state index in [4.69, 9.17) is 9.84 Å². The molecule has 1 aliphatic rings. The van der Waals surface area contributed by atoms with Gasteiger partial charge in [-0.25, -0.2) is 0 Å². The number of amides is 1. The van der Waals surface area contributed by atoms with Crippen LogP contribution in [-0.4, -0.2) is 36.4 Å². The van der Waals surface area contributed by atoms with Crippen molar-refractivity contribution in [3.63, 3.8) is 0 Å². The first-order valence-corrected chi connectivity index (χ1v) is 6.74. The minimum Gasteiger partial charge on any atom is -0.384 e. The van der Waals surface area contributed by atoms with Crippen LogP contribution in [0.3, 0.4) is 0 Å². The second-order valence-electron chi connectivity index (χ2n) is 4.95. The zero-order valence-electron chi connectivity index (χ0n) is 11.8. The van der Waals surface area contributed by atoms with Crippen molar-refractivity contribution in [1.29, 1.82) is 0 Å². The number of aliphatic hydroxyl groups excluding tert-OH is 1. The molecule has 4 heteroatoms. The highest BCUT2D eigenvalue weighted by molar-refractivity contribution is 5.97. The van der Waals surface area contributed by atoms with E-state index in [1.54, 1.807) is 6.07 Å². The van der Waals surface area contributed by atoms with Gasteiger partial charge in [0, 0.05) is 12.2 Å². The smallest absolute Gasteiger partial charge is 0.252 e. The maximum Gasteiger partial charge on any atom is 0.252 e. The van der Waals surface area contributed by atoms with Crippen molar-refractivity contribution >= 4 is 5.91 Å². The summed E-state index contributed by atoms with van der Waals surface area (Å²) in [5, 5.41) is 11.8. The third-order valence-electron chi connectivity index (χ3n) is 3.41. The first-order chi connectivity index (χ1) is 9.61. The number of ether oxygens (including phenoxy) is 1. The second kappa shape index (κ2) is 6.56. The zero-order valence-corrected chi connectivity index (χ0v) is 11.8. The van der Waals surface area contributed by atoms with Crippen LogP contribution < -0.4 is 5.32 Å². The predicted octanol–water partition coefficient (Wildman–Crippen LogP) is 1.25. The van der Waals surface area contributed by atoms with E-state index >= 15 is 0 Å². The normalized spacial score (nSPS) is 21.1. The molecule has 1 saturated heterocycles. The summed E-state index contributed by atoms with van der Waals surface area (Å²) in [5.41, 5.74) is 2.21. The summed E-state index contributed by atoms with van der Waals surface area (Å²) in [5.74, 6) is 5.28. The van der Waals surface area contributed by atoms with Gasteiger partial charge in [0.15, 0.2) is 0 Å². The van der Waals surface area contributed by atoms with Crippen molar-refractivity contribution in [3.05, 3.63) is 34.9 Å². The van der Waals surface area contributed by atoms with Gasteiger partial charge in [-0.3, -0.25) is 4.79 Å². The summed E-state index contributed by atoms with van der Waals surface area (Å²) in [7, 11) is 0. The summed E-state index contributed by atoms with van der Waals surface area (Å²) in [6, 6.07) is 5.55. The van der Waals surface area contributed by atoms with Gasteiger partial charge in [-0.15, -0.1) is 0 Å². The molecule has 2 N–H and O–H groups in total. The molecule has 2 rings (SSSR count). The van der Waals surface area contributed by atoms with Gasteiger partial charge in [-0.05, 0) is 38.0 Å². The number of nitrogens with one attached hydrogen (secondary N) is 1. The monoisotopic (exact) mass is 273 g/mol. The Hall–Kier alpha value is -1.83. The Balaban J connectivity index is 2.20. The van der Waals surface area contributed by atoms with Crippen molar-refractivity contribution in [2.45, 2.75) is 32.4 Å². The van der Waals surface area contributed by atoms with Gasteiger partial charge >= 0.3 is 0 Å². The quantitative estimate of drug-likeness (QED) is 0.797. The lowest BCUT2D eigenvalue weighted by atomic mass is 10.0. The molecule has 4 nitrogen and oxygen atoms in total. The number of hydrogen-bond donors (Lipinski definition) is 2. The number of carbonyl (C=O) groups excluding carboxylic acids is 1. The van der Waals surface area contributed by atoms with E-state index in [-0.39, 0.29) is 24.7 Å². The third-order valence-corrected chi connectivity index (χ3v) is 3.41. The number of aryl methyl sites for hydroxylation is 1. The van der Waals surface area contributed by atoms with Crippen LogP contribution in [0.2, 0.25) is 0 Å². The Labute approximate surface area is 119 Å². The maximum absolute atomic E-state index is 12.3. The van der Waals surface area contributed by atoms with Gasteiger partial charge in [-0.2, -0.15) is 0 Å². The minimum absolute atomic E-state index is 0.0383. The van der Waals surface area contributed by atoms with Crippen LogP contribution in [0.15, 0.2) is 18.2 Å². The average Bonchev–Trinajstić information content (AvgIpc) is 2.82. The fourth-order valence-corrected chi connectivity index (χ4v) is 2.26. The molecule has 0 saturated carbocycles. The van der Waals surface area contributed by atoms with E-state index in [1.807, 2.05) is 26.0 Å². The number of aliphatic hydroxyl groups is 1. The molecule has 1 aromatic carbocycles. The molecule has 0 bridgehead atoms. The molecule has 0 radical (unpaired) electrons. The molecular formula is C16H19NO3. The molecule has 1 heterocycles. The average molecular weight is 273 g/mol. The van der Waals surface area contributed by atoms with E-state index in [0.29, 0.717) is 17.7 Å². The van der Waals surface area contributed by atoms with E-state index in [9.17, 15) is 4.79 Å². The van der Waals surface area contributed by atoms with E-state index in [2.05, 4.69) is 17.2 Å². The Kier molecular flexibility index (Phi) is 4.78. The number of hydrogen-bond acceptors (Lipinski definition) is 3. The van der Waals surface area contributed by atoms with Gasteiger partial charge in [-0.1, -0.05) is 17.9 Å². The van der Waals surface area contributed by atoms with Gasteiger partial charge < -0.3 is 15.2 Å².